The van der Waals surface area contributed by atoms with Crippen LogP contribution in [-0.2, 0) is 6.54 Å². The molecule has 2 aromatic carbocycles. The van der Waals surface area contributed by atoms with Gasteiger partial charge in [-0.25, -0.2) is 0 Å². The Kier molecular flexibility index (Phi) is 8.23. The van der Waals surface area contributed by atoms with Crippen LogP contribution in [0.2, 0.25) is 10.0 Å². The average Bonchev–Trinajstić information content (AvgIpc) is 2.50. The number of aliphatic hydroxyl groups excluding tert-OH is 1. The van der Waals surface area contributed by atoms with E-state index >= 15 is 0 Å². The van der Waals surface area contributed by atoms with Gasteiger partial charge in [0.25, 0.3) is 0 Å². The predicted octanol–water partition coefficient (Wildman–Crippen LogP) is 4.97. The van der Waals surface area contributed by atoms with Crippen LogP contribution in [0.1, 0.15) is 24.2 Å². The molecular formula is C17H20Cl3NO. The van der Waals surface area contributed by atoms with Gasteiger partial charge in [0.2, 0.25) is 0 Å². The second kappa shape index (κ2) is 9.39. The van der Waals surface area contributed by atoms with E-state index in [0.29, 0.717) is 16.6 Å². The first kappa shape index (κ1) is 19.3. The molecule has 0 saturated carbocycles. The molecule has 22 heavy (non-hydrogen) atoms. The van der Waals surface area contributed by atoms with Gasteiger partial charge in [-0.15, -0.1) is 12.4 Å². The third kappa shape index (κ3) is 5.45. The summed E-state index contributed by atoms with van der Waals surface area (Å²) in [6.07, 6.45) is -0.580. The lowest BCUT2D eigenvalue weighted by Gasteiger charge is -2.24. The highest BCUT2D eigenvalue weighted by molar-refractivity contribution is 6.42. The van der Waals surface area contributed by atoms with Gasteiger partial charge >= 0.3 is 0 Å². The minimum Gasteiger partial charge on any atom is -0.387 e. The van der Waals surface area contributed by atoms with E-state index in [1.165, 1.54) is 5.56 Å². The number of nitrogens with zero attached hydrogens (tertiary/aromatic N) is 1. The van der Waals surface area contributed by atoms with E-state index in [-0.39, 0.29) is 12.4 Å². The summed E-state index contributed by atoms with van der Waals surface area (Å²) in [5.41, 5.74) is 2.02. The van der Waals surface area contributed by atoms with Crippen LogP contribution in [0.25, 0.3) is 0 Å². The Balaban J connectivity index is 0.00000242. The zero-order chi connectivity index (χ0) is 15.2. The summed E-state index contributed by atoms with van der Waals surface area (Å²) in [5.74, 6) is 0. The van der Waals surface area contributed by atoms with Crippen LogP contribution in [0.3, 0.4) is 0 Å². The van der Waals surface area contributed by atoms with Crippen LogP contribution in [0.5, 0.6) is 0 Å². The van der Waals surface area contributed by atoms with Crippen LogP contribution in [0.4, 0.5) is 0 Å². The Labute approximate surface area is 148 Å². The molecule has 0 aliphatic heterocycles. The van der Waals surface area contributed by atoms with Crippen molar-refractivity contribution in [3.05, 3.63) is 69.7 Å². The highest BCUT2D eigenvalue weighted by Gasteiger charge is 2.14. The van der Waals surface area contributed by atoms with Gasteiger partial charge in [-0.1, -0.05) is 66.5 Å². The molecule has 5 heteroatoms. The van der Waals surface area contributed by atoms with Crippen LogP contribution in [0, 0.1) is 0 Å². The summed E-state index contributed by atoms with van der Waals surface area (Å²) >= 11 is 11.9. The standard InChI is InChI=1S/C17H19Cl2NO.ClH/c1-2-20(11-13-6-4-3-5-7-13)12-17(21)14-8-9-15(18)16(19)10-14;/h3-10,17,21H,2,11-12H2,1H3;1H. The molecule has 2 aromatic rings. The van der Waals surface area contributed by atoms with E-state index in [1.54, 1.807) is 12.1 Å². The molecule has 2 rings (SSSR count). The first-order valence-electron chi connectivity index (χ1n) is 6.99. The third-order valence-electron chi connectivity index (χ3n) is 3.46. The minimum atomic E-state index is -0.580. The molecule has 0 spiro atoms. The summed E-state index contributed by atoms with van der Waals surface area (Å²) in [6.45, 7) is 4.33. The van der Waals surface area contributed by atoms with Crippen molar-refractivity contribution in [1.29, 1.82) is 0 Å². The molecule has 0 aliphatic rings. The fraction of sp³-hybridized carbons (Fsp3) is 0.294. The van der Waals surface area contributed by atoms with E-state index in [9.17, 15) is 5.11 Å². The number of rotatable bonds is 6. The second-order valence-corrected chi connectivity index (χ2v) is 5.82. The molecule has 1 atom stereocenters. The van der Waals surface area contributed by atoms with Crippen LogP contribution in [-0.4, -0.2) is 23.1 Å². The van der Waals surface area contributed by atoms with Crippen LogP contribution >= 0.6 is 35.6 Å². The number of hydrogen-bond donors (Lipinski definition) is 1. The molecule has 0 heterocycles. The maximum Gasteiger partial charge on any atom is 0.0917 e. The van der Waals surface area contributed by atoms with Gasteiger partial charge in [0.05, 0.1) is 16.1 Å². The maximum absolute atomic E-state index is 10.4. The lowest BCUT2D eigenvalue weighted by atomic mass is 10.1. The lowest BCUT2D eigenvalue weighted by molar-refractivity contribution is 0.112. The van der Waals surface area contributed by atoms with Gasteiger partial charge < -0.3 is 5.11 Å². The van der Waals surface area contributed by atoms with Gasteiger partial charge in [-0.2, -0.15) is 0 Å². The average molecular weight is 361 g/mol. The van der Waals surface area contributed by atoms with Crippen molar-refractivity contribution in [3.63, 3.8) is 0 Å². The van der Waals surface area contributed by atoms with Crippen molar-refractivity contribution in [2.75, 3.05) is 13.1 Å². The fourth-order valence-electron chi connectivity index (χ4n) is 2.22. The summed E-state index contributed by atoms with van der Waals surface area (Å²) in [4.78, 5) is 2.20. The van der Waals surface area contributed by atoms with E-state index in [2.05, 4.69) is 24.0 Å². The highest BCUT2D eigenvalue weighted by Crippen LogP contribution is 2.26. The Morgan fingerprint density at radius 2 is 1.73 bits per heavy atom. The molecule has 0 bridgehead atoms. The zero-order valence-electron chi connectivity index (χ0n) is 12.4. The molecule has 0 aliphatic carbocycles. The van der Waals surface area contributed by atoms with Gasteiger partial charge in [0.15, 0.2) is 0 Å². The van der Waals surface area contributed by atoms with Crippen molar-refractivity contribution in [1.82, 2.24) is 4.90 Å². The SMILES string of the molecule is CCN(Cc1ccccc1)CC(O)c1ccc(Cl)c(Cl)c1.Cl. The number of benzene rings is 2. The molecule has 120 valence electrons. The molecule has 2 nitrogen and oxygen atoms in total. The van der Waals surface area contributed by atoms with Gasteiger partial charge in [0.1, 0.15) is 0 Å². The summed E-state index contributed by atoms with van der Waals surface area (Å²) in [7, 11) is 0. The van der Waals surface area contributed by atoms with E-state index < -0.39 is 6.10 Å². The first-order chi connectivity index (χ1) is 10.1. The van der Waals surface area contributed by atoms with Crippen LogP contribution < -0.4 is 0 Å². The molecule has 0 saturated heterocycles. The molecule has 0 fully saturated rings. The lowest BCUT2D eigenvalue weighted by Crippen LogP contribution is -2.28. The van der Waals surface area contributed by atoms with Crippen molar-refractivity contribution in [3.8, 4) is 0 Å². The monoisotopic (exact) mass is 359 g/mol. The van der Waals surface area contributed by atoms with Crippen molar-refractivity contribution < 1.29 is 5.11 Å². The highest BCUT2D eigenvalue weighted by atomic mass is 35.5. The normalized spacial score (nSPS) is 12.0. The van der Waals surface area contributed by atoms with E-state index in [1.807, 2.05) is 24.3 Å². The van der Waals surface area contributed by atoms with Crippen molar-refractivity contribution in [2.24, 2.45) is 0 Å². The van der Waals surface area contributed by atoms with Gasteiger partial charge in [-0.3, -0.25) is 4.90 Å². The van der Waals surface area contributed by atoms with Crippen molar-refractivity contribution in [2.45, 2.75) is 19.6 Å². The quantitative estimate of drug-likeness (QED) is 0.786. The molecule has 1 unspecified atom stereocenters. The molecule has 1 N–H and O–H groups in total. The minimum absolute atomic E-state index is 0. The number of aliphatic hydroxyl groups is 1. The summed E-state index contributed by atoms with van der Waals surface area (Å²) in [6, 6.07) is 15.5. The molecule has 0 aromatic heterocycles. The molecule has 0 amide bonds. The zero-order valence-corrected chi connectivity index (χ0v) is 14.7. The first-order valence-corrected chi connectivity index (χ1v) is 7.75. The summed E-state index contributed by atoms with van der Waals surface area (Å²) in [5, 5.41) is 11.3. The topological polar surface area (TPSA) is 23.5 Å². The smallest absolute Gasteiger partial charge is 0.0917 e. The number of halogens is 3. The largest absolute Gasteiger partial charge is 0.387 e. The second-order valence-electron chi connectivity index (χ2n) is 5.00. The Morgan fingerprint density at radius 1 is 1.05 bits per heavy atom. The van der Waals surface area contributed by atoms with Gasteiger partial charge in [0, 0.05) is 13.1 Å². The van der Waals surface area contributed by atoms with E-state index in [4.69, 9.17) is 23.2 Å². The fourth-order valence-corrected chi connectivity index (χ4v) is 2.52. The maximum atomic E-state index is 10.4. The Morgan fingerprint density at radius 3 is 2.32 bits per heavy atom. The molecular weight excluding hydrogens is 341 g/mol. The molecule has 0 radical (unpaired) electrons. The predicted molar refractivity (Wildman–Crippen MR) is 96.1 cm³/mol. The van der Waals surface area contributed by atoms with E-state index in [0.717, 1.165) is 18.7 Å². The Hall–Kier alpha value is -0.770. The third-order valence-corrected chi connectivity index (χ3v) is 4.19. The van der Waals surface area contributed by atoms with Crippen LogP contribution in [0.15, 0.2) is 48.5 Å². The Bertz CT molecular complexity index is 577. The van der Waals surface area contributed by atoms with Gasteiger partial charge in [-0.05, 0) is 29.8 Å². The number of likely N-dealkylation sites (N-methyl/N-ethyl adjacent to an activating group) is 1. The summed E-state index contributed by atoms with van der Waals surface area (Å²) < 4.78 is 0. The van der Waals surface area contributed by atoms with Crippen molar-refractivity contribution >= 4 is 35.6 Å². The number of hydrogen-bond acceptors (Lipinski definition) is 2.